The van der Waals surface area contributed by atoms with Gasteiger partial charge in [0, 0.05) is 6.04 Å². The number of hydrogen-bond donors (Lipinski definition) is 1. The van der Waals surface area contributed by atoms with Gasteiger partial charge in [-0.2, -0.15) is 0 Å². The quantitative estimate of drug-likeness (QED) is 0.778. The highest BCUT2D eigenvalue weighted by atomic mass is 14.6. The van der Waals surface area contributed by atoms with Gasteiger partial charge < -0.3 is 5.73 Å². The minimum atomic E-state index is 0.409. The summed E-state index contributed by atoms with van der Waals surface area (Å²) in [4.78, 5) is 0. The molecule has 2 aliphatic rings. The molecule has 0 aromatic heterocycles. The van der Waals surface area contributed by atoms with E-state index in [4.69, 9.17) is 5.73 Å². The smallest absolute Gasteiger partial charge is 0.00443 e. The second kappa shape index (κ2) is 4.91. The summed E-state index contributed by atoms with van der Waals surface area (Å²) in [6.07, 6.45) is 8.51. The van der Waals surface area contributed by atoms with Crippen LogP contribution in [0.3, 0.4) is 0 Å². The topological polar surface area (TPSA) is 26.0 Å². The summed E-state index contributed by atoms with van der Waals surface area (Å²) in [5.74, 6) is 3.81. The van der Waals surface area contributed by atoms with Crippen LogP contribution in [-0.2, 0) is 0 Å². The van der Waals surface area contributed by atoms with Crippen LogP contribution in [-0.4, -0.2) is 6.04 Å². The summed E-state index contributed by atoms with van der Waals surface area (Å²) < 4.78 is 0. The molecule has 5 unspecified atom stereocenters. The maximum atomic E-state index is 6.38. The molecule has 0 aliphatic heterocycles. The summed E-state index contributed by atoms with van der Waals surface area (Å²) >= 11 is 0. The molecule has 17 heavy (non-hydrogen) atoms. The Kier molecular flexibility index (Phi) is 3.87. The predicted octanol–water partition coefficient (Wildman–Crippen LogP) is 4.21. The molecule has 0 amide bonds. The van der Waals surface area contributed by atoms with Crippen LogP contribution in [0.2, 0.25) is 0 Å². The van der Waals surface area contributed by atoms with Crippen molar-refractivity contribution in [3.05, 3.63) is 0 Å². The van der Waals surface area contributed by atoms with E-state index >= 15 is 0 Å². The van der Waals surface area contributed by atoms with Gasteiger partial charge in [-0.25, -0.2) is 0 Å². The number of nitrogens with two attached hydrogens (primary N) is 1. The lowest BCUT2D eigenvalue weighted by Crippen LogP contribution is -2.31. The molecule has 0 spiro atoms. The van der Waals surface area contributed by atoms with E-state index in [9.17, 15) is 0 Å². The highest BCUT2D eigenvalue weighted by Gasteiger charge is 2.39. The first-order valence-electron chi connectivity index (χ1n) is 7.62. The first kappa shape index (κ1) is 13.4. The zero-order chi connectivity index (χ0) is 12.6. The Morgan fingerprint density at radius 2 is 1.88 bits per heavy atom. The molecule has 2 rings (SSSR count). The SMILES string of the molecule is CC(CC(N)CC1CC2CCC1C2)C(C)(C)C. The van der Waals surface area contributed by atoms with E-state index in [2.05, 4.69) is 27.7 Å². The summed E-state index contributed by atoms with van der Waals surface area (Å²) in [7, 11) is 0. The van der Waals surface area contributed by atoms with Crippen molar-refractivity contribution < 1.29 is 0 Å². The molecule has 0 radical (unpaired) electrons. The van der Waals surface area contributed by atoms with E-state index in [1.807, 2.05) is 0 Å². The summed E-state index contributed by atoms with van der Waals surface area (Å²) in [5.41, 5.74) is 6.79. The van der Waals surface area contributed by atoms with Crippen molar-refractivity contribution in [2.45, 2.75) is 72.3 Å². The Hall–Kier alpha value is -0.0400. The van der Waals surface area contributed by atoms with E-state index in [1.54, 1.807) is 0 Å². The fraction of sp³-hybridized carbons (Fsp3) is 1.00. The monoisotopic (exact) mass is 237 g/mol. The summed E-state index contributed by atoms with van der Waals surface area (Å²) in [6, 6.07) is 0.438. The van der Waals surface area contributed by atoms with E-state index in [-0.39, 0.29) is 0 Å². The molecule has 0 aromatic carbocycles. The van der Waals surface area contributed by atoms with Crippen molar-refractivity contribution in [2.75, 3.05) is 0 Å². The molecule has 1 nitrogen and oxygen atoms in total. The van der Waals surface area contributed by atoms with Crippen LogP contribution in [0.25, 0.3) is 0 Å². The van der Waals surface area contributed by atoms with Gasteiger partial charge in [0.2, 0.25) is 0 Å². The summed E-state index contributed by atoms with van der Waals surface area (Å²) in [6.45, 7) is 9.37. The van der Waals surface area contributed by atoms with Gasteiger partial charge in [-0.1, -0.05) is 34.1 Å². The van der Waals surface area contributed by atoms with Crippen LogP contribution < -0.4 is 5.73 Å². The maximum absolute atomic E-state index is 6.38. The molecule has 0 aromatic rings. The van der Waals surface area contributed by atoms with Crippen molar-refractivity contribution in [2.24, 2.45) is 34.8 Å². The minimum absolute atomic E-state index is 0.409. The molecule has 2 fully saturated rings. The molecule has 2 aliphatic carbocycles. The lowest BCUT2D eigenvalue weighted by atomic mass is 9.76. The van der Waals surface area contributed by atoms with E-state index in [0.717, 1.165) is 23.7 Å². The standard InChI is InChI=1S/C16H31N/c1-11(16(2,3)4)7-15(17)10-14-9-12-5-6-13(14)8-12/h11-15H,5-10,17H2,1-4H3. The third-order valence-electron chi connectivity index (χ3n) is 5.62. The first-order chi connectivity index (χ1) is 7.86. The van der Waals surface area contributed by atoms with Gasteiger partial charge in [-0.15, -0.1) is 0 Å². The lowest BCUT2D eigenvalue weighted by Gasteiger charge is -2.31. The van der Waals surface area contributed by atoms with Gasteiger partial charge in [0.1, 0.15) is 0 Å². The van der Waals surface area contributed by atoms with E-state index in [1.165, 1.54) is 38.5 Å². The van der Waals surface area contributed by atoms with Crippen molar-refractivity contribution in [3.63, 3.8) is 0 Å². The number of rotatable bonds is 4. The second-order valence-electron chi connectivity index (χ2n) is 7.93. The highest BCUT2D eigenvalue weighted by Crippen LogP contribution is 2.50. The Morgan fingerprint density at radius 1 is 1.18 bits per heavy atom. The number of fused-ring (bicyclic) bond motifs is 2. The third kappa shape index (κ3) is 3.24. The molecule has 100 valence electrons. The zero-order valence-electron chi connectivity index (χ0n) is 12.2. The minimum Gasteiger partial charge on any atom is -0.328 e. The van der Waals surface area contributed by atoms with Gasteiger partial charge >= 0.3 is 0 Å². The molecule has 2 bridgehead atoms. The van der Waals surface area contributed by atoms with Crippen LogP contribution in [0, 0.1) is 29.1 Å². The molecule has 5 atom stereocenters. The van der Waals surface area contributed by atoms with Gasteiger partial charge in [0.15, 0.2) is 0 Å². The lowest BCUT2D eigenvalue weighted by molar-refractivity contribution is 0.211. The molecule has 0 heterocycles. The normalized spacial score (nSPS) is 36.2. The van der Waals surface area contributed by atoms with Crippen LogP contribution in [0.15, 0.2) is 0 Å². The Bertz CT molecular complexity index is 253. The van der Waals surface area contributed by atoms with Crippen molar-refractivity contribution in [1.82, 2.24) is 0 Å². The Balaban J connectivity index is 1.76. The van der Waals surface area contributed by atoms with E-state index in [0.29, 0.717) is 11.5 Å². The Labute approximate surface area is 108 Å². The Morgan fingerprint density at radius 3 is 2.35 bits per heavy atom. The highest BCUT2D eigenvalue weighted by molar-refractivity contribution is 4.91. The van der Waals surface area contributed by atoms with Crippen molar-refractivity contribution in [1.29, 1.82) is 0 Å². The molecule has 2 N–H and O–H groups in total. The van der Waals surface area contributed by atoms with E-state index < -0.39 is 0 Å². The average molecular weight is 237 g/mol. The van der Waals surface area contributed by atoms with Crippen LogP contribution >= 0.6 is 0 Å². The third-order valence-corrected chi connectivity index (χ3v) is 5.62. The predicted molar refractivity (Wildman–Crippen MR) is 74.8 cm³/mol. The van der Waals surface area contributed by atoms with Crippen LogP contribution in [0.1, 0.15) is 66.2 Å². The summed E-state index contributed by atoms with van der Waals surface area (Å²) in [5, 5.41) is 0. The molecule has 2 saturated carbocycles. The van der Waals surface area contributed by atoms with Crippen LogP contribution in [0.5, 0.6) is 0 Å². The molecule has 0 saturated heterocycles. The fourth-order valence-corrected chi connectivity index (χ4v) is 3.96. The zero-order valence-corrected chi connectivity index (χ0v) is 12.2. The van der Waals surface area contributed by atoms with Gasteiger partial charge in [-0.05, 0) is 61.2 Å². The second-order valence-corrected chi connectivity index (χ2v) is 7.93. The molecule has 1 heteroatoms. The van der Waals surface area contributed by atoms with Gasteiger partial charge in [0.05, 0.1) is 0 Å². The fourth-order valence-electron chi connectivity index (χ4n) is 3.96. The molecular formula is C16H31N. The van der Waals surface area contributed by atoms with Gasteiger partial charge in [-0.3, -0.25) is 0 Å². The van der Waals surface area contributed by atoms with Gasteiger partial charge in [0.25, 0.3) is 0 Å². The molecular weight excluding hydrogens is 206 g/mol. The number of hydrogen-bond acceptors (Lipinski definition) is 1. The largest absolute Gasteiger partial charge is 0.328 e. The van der Waals surface area contributed by atoms with Crippen LogP contribution in [0.4, 0.5) is 0 Å². The maximum Gasteiger partial charge on any atom is 0.00443 e. The van der Waals surface area contributed by atoms with Crippen molar-refractivity contribution in [3.8, 4) is 0 Å². The van der Waals surface area contributed by atoms with Crippen molar-refractivity contribution >= 4 is 0 Å². The first-order valence-corrected chi connectivity index (χ1v) is 7.62. The average Bonchev–Trinajstić information content (AvgIpc) is 2.77.